The van der Waals surface area contributed by atoms with Gasteiger partial charge in [0.05, 0.1) is 24.9 Å². The van der Waals surface area contributed by atoms with Crippen LogP contribution in [-0.2, 0) is 27.3 Å². The normalized spacial score (nSPS) is 11.8. The van der Waals surface area contributed by atoms with Gasteiger partial charge in [-0.05, 0) is 50.1 Å². The van der Waals surface area contributed by atoms with Crippen molar-refractivity contribution in [3.63, 3.8) is 0 Å². The number of pyridine rings is 1. The van der Waals surface area contributed by atoms with E-state index >= 15 is 0 Å². The molecule has 10 heteroatoms. The molecular formula is C23H25F2N5O3. The second-order valence-corrected chi connectivity index (χ2v) is 7.15. The molecule has 3 rings (SSSR count). The summed E-state index contributed by atoms with van der Waals surface area (Å²) >= 11 is 0. The topological polar surface area (TPSA) is 98.1 Å². The molecule has 0 aliphatic rings. The molecule has 0 spiro atoms. The van der Waals surface area contributed by atoms with E-state index < -0.39 is 29.6 Å². The summed E-state index contributed by atoms with van der Waals surface area (Å²) < 4.78 is 33.5. The second-order valence-electron chi connectivity index (χ2n) is 7.15. The van der Waals surface area contributed by atoms with Crippen molar-refractivity contribution in [1.29, 1.82) is 0 Å². The van der Waals surface area contributed by atoms with E-state index in [0.29, 0.717) is 23.6 Å². The molecule has 3 aromatic rings. The van der Waals surface area contributed by atoms with Crippen molar-refractivity contribution in [2.45, 2.75) is 32.9 Å². The Morgan fingerprint density at radius 3 is 2.52 bits per heavy atom. The van der Waals surface area contributed by atoms with Crippen molar-refractivity contribution in [1.82, 2.24) is 20.1 Å². The summed E-state index contributed by atoms with van der Waals surface area (Å²) in [5.74, 6) is -2.51. The Hall–Kier alpha value is -3.66. The first-order valence-electron chi connectivity index (χ1n) is 10.5. The first-order chi connectivity index (χ1) is 15.9. The molecule has 0 bridgehead atoms. The lowest BCUT2D eigenvalue weighted by molar-refractivity contribution is -0.142. The fourth-order valence-electron chi connectivity index (χ4n) is 3.21. The summed E-state index contributed by atoms with van der Waals surface area (Å²) in [5.41, 5.74) is 1.89. The first kappa shape index (κ1) is 24.0. The second kappa shape index (κ2) is 11.3. The monoisotopic (exact) mass is 457 g/mol. The van der Waals surface area contributed by atoms with Crippen molar-refractivity contribution in [2.75, 3.05) is 18.5 Å². The van der Waals surface area contributed by atoms with Gasteiger partial charge in [0.25, 0.3) is 0 Å². The van der Waals surface area contributed by atoms with Crippen LogP contribution < -0.4 is 10.6 Å². The fraction of sp³-hybridized carbons (Fsp3) is 0.304. The molecule has 0 saturated heterocycles. The molecule has 1 amide bonds. The standard InChI is InChI=1S/C23H25F2N5O3/c1-3-30-21(13-19(29-30)16-7-9-26-10-8-16)28-23(32)20(27-14-22(31)33-4-2)12-15-5-6-17(24)18(25)11-15/h5-11,13,20,27H,3-4,12,14H2,1-2H3,(H,28,32). The quantitative estimate of drug-likeness (QED) is 0.455. The summed E-state index contributed by atoms with van der Waals surface area (Å²) in [4.78, 5) is 28.9. The lowest BCUT2D eigenvalue weighted by Crippen LogP contribution is -2.45. The van der Waals surface area contributed by atoms with Gasteiger partial charge in [0, 0.05) is 30.6 Å². The van der Waals surface area contributed by atoms with Gasteiger partial charge in [-0.3, -0.25) is 19.9 Å². The van der Waals surface area contributed by atoms with E-state index in [9.17, 15) is 18.4 Å². The van der Waals surface area contributed by atoms with Crippen LogP contribution in [0.3, 0.4) is 0 Å². The van der Waals surface area contributed by atoms with E-state index in [4.69, 9.17) is 4.74 Å². The number of carbonyl (C=O) groups is 2. The smallest absolute Gasteiger partial charge is 0.319 e. The van der Waals surface area contributed by atoms with Crippen LogP contribution >= 0.6 is 0 Å². The molecule has 1 aromatic carbocycles. The molecule has 174 valence electrons. The van der Waals surface area contributed by atoms with Gasteiger partial charge < -0.3 is 10.1 Å². The van der Waals surface area contributed by atoms with Gasteiger partial charge in [-0.15, -0.1) is 0 Å². The number of nitrogens with one attached hydrogen (secondary N) is 2. The third-order valence-corrected chi connectivity index (χ3v) is 4.85. The zero-order valence-electron chi connectivity index (χ0n) is 18.3. The van der Waals surface area contributed by atoms with E-state index in [0.717, 1.165) is 17.7 Å². The minimum absolute atomic E-state index is 0.0277. The number of aromatic nitrogens is 3. The molecule has 0 aliphatic carbocycles. The predicted octanol–water partition coefficient (Wildman–Crippen LogP) is 2.95. The molecule has 1 unspecified atom stereocenters. The maximum atomic E-state index is 13.7. The summed E-state index contributed by atoms with van der Waals surface area (Å²) in [6.07, 6.45) is 3.32. The molecule has 2 N–H and O–H groups in total. The Morgan fingerprint density at radius 1 is 1.09 bits per heavy atom. The number of amides is 1. The third-order valence-electron chi connectivity index (χ3n) is 4.85. The Morgan fingerprint density at radius 2 is 1.85 bits per heavy atom. The van der Waals surface area contributed by atoms with Gasteiger partial charge in [-0.25, -0.2) is 13.5 Å². The molecular weight excluding hydrogens is 432 g/mol. The van der Waals surface area contributed by atoms with Crippen molar-refractivity contribution >= 4 is 17.7 Å². The molecule has 2 aromatic heterocycles. The van der Waals surface area contributed by atoms with Crippen LogP contribution in [0, 0.1) is 11.6 Å². The summed E-state index contributed by atoms with van der Waals surface area (Å²) in [5, 5.41) is 10.2. The SMILES string of the molecule is CCOC(=O)CNC(Cc1ccc(F)c(F)c1)C(=O)Nc1cc(-c2ccncc2)nn1CC. The lowest BCUT2D eigenvalue weighted by atomic mass is 10.0. The zero-order chi connectivity index (χ0) is 23.8. The van der Waals surface area contributed by atoms with Crippen molar-refractivity contribution < 1.29 is 23.1 Å². The van der Waals surface area contributed by atoms with Crippen LogP contribution in [0.2, 0.25) is 0 Å². The maximum absolute atomic E-state index is 13.7. The Bertz CT molecular complexity index is 1100. The Balaban J connectivity index is 1.80. The van der Waals surface area contributed by atoms with Crippen molar-refractivity contribution in [3.8, 4) is 11.3 Å². The number of aryl methyl sites for hydroxylation is 1. The summed E-state index contributed by atoms with van der Waals surface area (Å²) in [6.45, 7) is 4.05. The van der Waals surface area contributed by atoms with Crippen LogP contribution in [0.25, 0.3) is 11.3 Å². The third kappa shape index (κ3) is 6.42. The van der Waals surface area contributed by atoms with Crippen molar-refractivity contribution in [3.05, 3.63) is 66.0 Å². The van der Waals surface area contributed by atoms with Crippen LogP contribution in [-0.4, -0.2) is 45.8 Å². The van der Waals surface area contributed by atoms with Gasteiger partial charge in [0.15, 0.2) is 11.6 Å². The number of ether oxygens (including phenoxy) is 1. The van der Waals surface area contributed by atoms with Gasteiger partial charge in [-0.2, -0.15) is 5.10 Å². The number of anilines is 1. The molecule has 33 heavy (non-hydrogen) atoms. The maximum Gasteiger partial charge on any atom is 0.319 e. The lowest BCUT2D eigenvalue weighted by Gasteiger charge is -2.18. The highest BCUT2D eigenvalue weighted by Crippen LogP contribution is 2.22. The van der Waals surface area contributed by atoms with Crippen LogP contribution in [0.1, 0.15) is 19.4 Å². The van der Waals surface area contributed by atoms with E-state index in [1.54, 1.807) is 42.2 Å². The van der Waals surface area contributed by atoms with E-state index in [1.165, 1.54) is 6.07 Å². The van der Waals surface area contributed by atoms with Crippen LogP contribution in [0.15, 0.2) is 48.8 Å². The number of hydrogen-bond donors (Lipinski definition) is 2. The number of esters is 1. The fourth-order valence-corrected chi connectivity index (χ4v) is 3.21. The molecule has 0 aliphatic heterocycles. The van der Waals surface area contributed by atoms with E-state index in [1.807, 2.05) is 6.92 Å². The van der Waals surface area contributed by atoms with Crippen LogP contribution in [0.4, 0.5) is 14.6 Å². The zero-order valence-corrected chi connectivity index (χ0v) is 18.3. The van der Waals surface area contributed by atoms with E-state index in [-0.39, 0.29) is 19.6 Å². The Kier molecular flexibility index (Phi) is 8.20. The number of nitrogens with zero attached hydrogens (tertiary/aromatic N) is 3. The Labute approximate surface area is 190 Å². The average Bonchev–Trinajstić information content (AvgIpc) is 3.22. The van der Waals surface area contributed by atoms with Gasteiger partial charge in [-0.1, -0.05) is 6.07 Å². The minimum Gasteiger partial charge on any atom is -0.465 e. The van der Waals surface area contributed by atoms with Gasteiger partial charge >= 0.3 is 5.97 Å². The van der Waals surface area contributed by atoms with Gasteiger partial charge in [0.1, 0.15) is 5.82 Å². The molecule has 1 atom stereocenters. The summed E-state index contributed by atoms with van der Waals surface area (Å²) in [6, 6.07) is 7.85. The molecule has 0 radical (unpaired) electrons. The highest BCUT2D eigenvalue weighted by Gasteiger charge is 2.22. The summed E-state index contributed by atoms with van der Waals surface area (Å²) in [7, 11) is 0. The number of halogens is 2. The molecule has 0 saturated carbocycles. The highest BCUT2D eigenvalue weighted by molar-refractivity contribution is 5.95. The molecule has 8 nitrogen and oxygen atoms in total. The predicted molar refractivity (Wildman–Crippen MR) is 118 cm³/mol. The highest BCUT2D eigenvalue weighted by atomic mass is 19.2. The molecule has 0 fully saturated rings. The van der Waals surface area contributed by atoms with Gasteiger partial charge in [0.2, 0.25) is 5.91 Å². The average molecular weight is 457 g/mol. The van der Waals surface area contributed by atoms with Crippen molar-refractivity contribution in [2.24, 2.45) is 0 Å². The number of carbonyl (C=O) groups excluding carboxylic acids is 2. The number of benzene rings is 1. The number of rotatable bonds is 10. The largest absolute Gasteiger partial charge is 0.465 e. The molecule has 2 heterocycles. The minimum atomic E-state index is -1.01. The first-order valence-corrected chi connectivity index (χ1v) is 10.5. The van der Waals surface area contributed by atoms with E-state index in [2.05, 4.69) is 20.7 Å². The van der Waals surface area contributed by atoms with Crippen LogP contribution in [0.5, 0.6) is 0 Å². The number of hydrogen-bond acceptors (Lipinski definition) is 6.